The molecule has 1 aliphatic rings. The number of ether oxygens (including phenoxy) is 1. The minimum Gasteiger partial charge on any atom is -0.405 e. The van der Waals surface area contributed by atoms with E-state index in [9.17, 15) is 18.3 Å². The van der Waals surface area contributed by atoms with E-state index in [1.807, 2.05) is 14.1 Å². The van der Waals surface area contributed by atoms with Crippen LogP contribution in [0.4, 0.5) is 13.2 Å². The van der Waals surface area contributed by atoms with Crippen molar-refractivity contribution in [1.82, 2.24) is 9.80 Å². The van der Waals surface area contributed by atoms with Gasteiger partial charge in [0.25, 0.3) is 0 Å². The molecule has 0 bridgehead atoms. The van der Waals surface area contributed by atoms with Crippen LogP contribution in [0, 0.1) is 5.92 Å². The topological polar surface area (TPSA) is 35.9 Å². The van der Waals surface area contributed by atoms with Gasteiger partial charge in [0.2, 0.25) is 0 Å². The fourth-order valence-corrected chi connectivity index (χ4v) is 3.20. The quantitative estimate of drug-likeness (QED) is 0.898. The first-order valence-electron chi connectivity index (χ1n) is 7.63. The first kappa shape index (κ1) is 18.0. The van der Waals surface area contributed by atoms with Crippen LogP contribution >= 0.6 is 0 Å². The first-order chi connectivity index (χ1) is 10.8. The van der Waals surface area contributed by atoms with Gasteiger partial charge in [0.05, 0.1) is 0 Å². The summed E-state index contributed by atoms with van der Waals surface area (Å²) in [6.07, 6.45) is -3.82. The molecule has 2 unspecified atom stereocenters. The first-order valence-corrected chi connectivity index (χ1v) is 7.63. The van der Waals surface area contributed by atoms with Crippen molar-refractivity contribution in [3.05, 3.63) is 29.8 Å². The molecule has 0 amide bonds. The molecule has 0 spiro atoms. The van der Waals surface area contributed by atoms with E-state index in [0.717, 1.165) is 13.0 Å². The Kier molecular flexibility index (Phi) is 5.89. The number of piperidine rings is 1. The number of rotatable bonds is 5. The monoisotopic (exact) mass is 332 g/mol. The standard InChI is InChI=1S/C16H23F3N2O2/c1-20(2)14-7-8-21(10-13(14)11-22)9-12-5-3-4-6-15(12)23-16(17,18)19/h3-6,13-14,22H,7-11H2,1-2H3. The summed E-state index contributed by atoms with van der Waals surface area (Å²) in [4.78, 5) is 4.17. The minimum atomic E-state index is -4.69. The maximum Gasteiger partial charge on any atom is 0.573 e. The van der Waals surface area contributed by atoms with Crippen LogP contribution < -0.4 is 4.74 Å². The van der Waals surface area contributed by atoms with E-state index in [0.29, 0.717) is 18.7 Å². The van der Waals surface area contributed by atoms with Gasteiger partial charge in [-0.05, 0) is 26.6 Å². The fraction of sp³-hybridized carbons (Fsp3) is 0.625. The summed E-state index contributed by atoms with van der Waals surface area (Å²) >= 11 is 0. The van der Waals surface area contributed by atoms with Crippen LogP contribution in [0.3, 0.4) is 0 Å². The Hall–Kier alpha value is -1.31. The molecule has 2 rings (SSSR count). The number of likely N-dealkylation sites (tertiary alicyclic amines) is 1. The van der Waals surface area contributed by atoms with E-state index < -0.39 is 6.36 Å². The molecular weight excluding hydrogens is 309 g/mol. The number of hydrogen-bond acceptors (Lipinski definition) is 4. The fourth-order valence-electron chi connectivity index (χ4n) is 3.20. The highest BCUT2D eigenvalue weighted by Gasteiger charge is 2.33. The molecule has 2 atom stereocenters. The van der Waals surface area contributed by atoms with Crippen molar-refractivity contribution in [3.8, 4) is 5.75 Å². The molecule has 1 saturated heterocycles. The van der Waals surface area contributed by atoms with Gasteiger partial charge in [-0.1, -0.05) is 18.2 Å². The number of aliphatic hydroxyl groups is 1. The molecule has 23 heavy (non-hydrogen) atoms. The lowest BCUT2D eigenvalue weighted by Crippen LogP contribution is -2.49. The number of para-hydroxylation sites is 1. The SMILES string of the molecule is CN(C)C1CCN(Cc2ccccc2OC(F)(F)F)CC1CO. The third-order valence-electron chi connectivity index (χ3n) is 4.27. The van der Waals surface area contributed by atoms with Crippen LogP contribution in [-0.2, 0) is 6.54 Å². The predicted octanol–water partition coefficient (Wildman–Crippen LogP) is 2.33. The molecular formula is C16H23F3N2O2. The summed E-state index contributed by atoms with van der Waals surface area (Å²) in [6.45, 7) is 1.88. The summed E-state index contributed by atoms with van der Waals surface area (Å²) < 4.78 is 41.5. The molecule has 0 aromatic heterocycles. The molecule has 1 aromatic rings. The van der Waals surface area contributed by atoms with Crippen LogP contribution in [0.15, 0.2) is 24.3 Å². The number of benzene rings is 1. The third-order valence-corrected chi connectivity index (χ3v) is 4.27. The van der Waals surface area contributed by atoms with Crippen molar-refractivity contribution < 1.29 is 23.0 Å². The van der Waals surface area contributed by atoms with Crippen molar-refractivity contribution in [1.29, 1.82) is 0 Å². The zero-order chi connectivity index (χ0) is 17.0. The molecule has 1 aromatic carbocycles. The number of alkyl halides is 3. The number of hydrogen-bond donors (Lipinski definition) is 1. The molecule has 1 heterocycles. The van der Waals surface area contributed by atoms with Crippen molar-refractivity contribution in [2.45, 2.75) is 25.4 Å². The van der Waals surface area contributed by atoms with Crippen molar-refractivity contribution in [3.63, 3.8) is 0 Å². The normalized spacial score (nSPS) is 23.3. The summed E-state index contributed by atoms with van der Waals surface area (Å²) in [6, 6.07) is 6.50. The van der Waals surface area contributed by atoms with Gasteiger partial charge >= 0.3 is 6.36 Å². The van der Waals surface area contributed by atoms with Gasteiger partial charge in [-0.15, -0.1) is 13.2 Å². The van der Waals surface area contributed by atoms with Crippen LogP contribution in [0.25, 0.3) is 0 Å². The third kappa shape index (κ3) is 5.09. The number of nitrogens with zero attached hydrogens (tertiary/aromatic N) is 2. The van der Waals surface area contributed by atoms with E-state index in [-0.39, 0.29) is 24.3 Å². The summed E-state index contributed by atoms with van der Waals surface area (Å²) in [5.74, 6) is -0.0651. The molecule has 7 heteroatoms. The van der Waals surface area contributed by atoms with Crippen LogP contribution in [0.1, 0.15) is 12.0 Å². The Morgan fingerprint density at radius 3 is 2.61 bits per heavy atom. The minimum absolute atomic E-state index is 0.0695. The van der Waals surface area contributed by atoms with E-state index in [4.69, 9.17) is 0 Å². The Morgan fingerprint density at radius 2 is 2.00 bits per heavy atom. The number of halogens is 3. The molecule has 1 N–H and O–H groups in total. The van der Waals surface area contributed by atoms with Crippen molar-refractivity contribution in [2.75, 3.05) is 33.8 Å². The molecule has 0 radical (unpaired) electrons. The van der Waals surface area contributed by atoms with Gasteiger partial charge < -0.3 is 14.7 Å². The molecule has 130 valence electrons. The Bertz CT molecular complexity index is 508. The average Bonchev–Trinajstić information content (AvgIpc) is 2.47. The highest BCUT2D eigenvalue weighted by atomic mass is 19.4. The maximum absolute atomic E-state index is 12.5. The van der Waals surface area contributed by atoms with Crippen molar-refractivity contribution in [2.24, 2.45) is 5.92 Å². The molecule has 4 nitrogen and oxygen atoms in total. The smallest absolute Gasteiger partial charge is 0.405 e. The maximum atomic E-state index is 12.5. The van der Waals surface area contributed by atoms with Gasteiger partial charge in [0.1, 0.15) is 5.75 Å². The Morgan fingerprint density at radius 1 is 1.30 bits per heavy atom. The summed E-state index contributed by atoms with van der Waals surface area (Å²) in [5.41, 5.74) is 0.504. The molecule has 0 saturated carbocycles. The average molecular weight is 332 g/mol. The lowest BCUT2D eigenvalue weighted by atomic mass is 9.91. The highest BCUT2D eigenvalue weighted by molar-refractivity contribution is 5.33. The molecule has 0 aliphatic carbocycles. The summed E-state index contributed by atoms with van der Waals surface area (Å²) in [7, 11) is 3.96. The lowest BCUT2D eigenvalue weighted by molar-refractivity contribution is -0.275. The highest BCUT2D eigenvalue weighted by Crippen LogP contribution is 2.29. The zero-order valence-corrected chi connectivity index (χ0v) is 13.4. The Labute approximate surface area is 134 Å². The van der Waals surface area contributed by atoms with Gasteiger partial charge in [-0.3, -0.25) is 4.90 Å². The lowest BCUT2D eigenvalue weighted by Gasteiger charge is -2.41. The van der Waals surface area contributed by atoms with Gasteiger partial charge in [0, 0.05) is 43.8 Å². The Balaban J connectivity index is 2.06. The van der Waals surface area contributed by atoms with Gasteiger partial charge in [-0.25, -0.2) is 0 Å². The van der Waals surface area contributed by atoms with Crippen LogP contribution in [0.2, 0.25) is 0 Å². The largest absolute Gasteiger partial charge is 0.573 e. The zero-order valence-electron chi connectivity index (χ0n) is 13.4. The van der Waals surface area contributed by atoms with E-state index >= 15 is 0 Å². The van der Waals surface area contributed by atoms with Crippen molar-refractivity contribution >= 4 is 0 Å². The summed E-state index contributed by atoms with van der Waals surface area (Å²) in [5, 5.41) is 9.57. The van der Waals surface area contributed by atoms with E-state index in [2.05, 4.69) is 14.5 Å². The second-order valence-electron chi connectivity index (χ2n) is 6.15. The van der Waals surface area contributed by atoms with Gasteiger partial charge in [0.15, 0.2) is 0 Å². The van der Waals surface area contributed by atoms with Crippen LogP contribution in [0.5, 0.6) is 5.75 Å². The van der Waals surface area contributed by atoms with Crippen LogP contribution in [-0.4, -0.2) is 61.1 Å². The second kappa shape index (κ2) is 7.51. The van der Waals surface area contributed by atoms with E-state index in [1.165, 1.54) is 12.1 Å². The second-order valence-corrected chi connectivity index (χ2v) is 6.15. The number of aliphatic hydroxyl groups excluding tert-OH is 1. The van der Waals surface area contributed by atoms with E-state index in [1.54, 1.807) is 12.1 Å². The molecule has 1 fully saturated rings. The molecule has 1 aliphatic heterocycles. The van der Waals surface area contributed by atoms with Gasteiger partial charge in [-0.2, -0.15) is 0 Å². The predicted molar refractivity (Wildman–Crippen MR) is 81.1 cm³/mol.